The molecule has 0 saturated heterocycles. The van der Waals surface area contributed by atoms with Gasteiger partial charge in [0.2, 0.25) is 12.0 Å². The third kappa shape index (κ3) is 3.47. The van der Waals surface area contributed by atoms with Crippen molar-refractivity contribution in [3.05, 3.63) is 54.0 Å². The highest BCUT2D eigenvalue weighted by molar-refractivity contribution is 5.90. The molecule has 0 spiro atoms. The Labute approximate surface area is 117 Å². The molecule has 0 amide bonds. The maximum absolute atomic E-state index is 13.1. The Balaban J connectivity index is 2.40. The predicted molar refractivity (Wildman–Crippen MR) is 64.9 cm³/mol. The van der Waals surface area contributed by atoms with Crippen LogP contribution in [0.2, 0.25) is 0 Å². The van der Waals surface area contributed by atoms with Crippen LogP contribution in [0.3, 0.4) is 0 Å². The molecule has 2 rings (SSSR count). The standard InChI is InChI=1S/C13H9F3N2O3/c14-13(15,16)10(8-3-1-5-17-7-8)21-11-9(12(19)20)4-2-6-18-11/h1-7,10H,(H,19,20). The van der Waals surface area contributed by atoms with Crippen molar-refractivity contribution in [2.75, 3.05) is 0 Å². The van der Waals surface area contributed by atoms with Gasteiger partial charge in [-0.05, 0) is 18.2 Å². The van der Waals surface area contributed by atoms with Crippen molar-refractivity contribution >= 4 is 5.97 Å². The zero-order chi connectivity index (χ0) is 15.5. The minimum absolute atomic E-state index is 0.244. The summed E-state index contributed by atoms with van der Waals surface area (Å²) >= 11 is 0. The number of aromatic carboxylic acids is 1. The van der Waals surface area contributed by atoms with Crippen LogP contribution in [0.25, 0.3) is 0 Å². The molecular formula is C13H9F3N2O3. The Morgan fingerprint density at radius 2 is 1.95 bits per heavy atom. The second-order valence-electron chi connectivity index (χ2n) is 3.99. The fourth-order valence-corrected chi connectivity index (χ4v) is 1.61. The van der Waals surface area contributed by atoms with Gasteiger partial charge in [-0.15, -0.1) is 0 Å². The van der Waals surface area contributed by atoms with Gasteiger partial charge in [0.05, 0.1) is 0 Å². The van der Waals surface area contributed by atoms with Crippen LogP contribution in [-0.4, -0.2) is 27.2 Å². The lowest BCUT2D eigenvalue weighted by atomic mass is 10.1. The van der Waals surface area contributed by atoms with Crippen molar-refractivity contribution in [2.24, 2.45) is 0 Å². The van der Waals surface area contributed by atoms with Crippen molar-refractivity contribution < 1.29 is 27.8 Å². The summed E-state index contributed by atoms with van der Waals surface area (Å²) in [5.41, 5.74) is -0.692. The van der Waals surface area contributed by atoms with Crippen molar-refractivity contribution in [3.63, 3.8) is 0 Å². The highest BCUT2D eigenvalue weighted by Crippen LogP contribution is 2.36. The molecule has 2 aromatic heterocycles. The van der Waals surface area contributed by atoms with E-state index in [1.54, 1.807) is 0 Å². The van der Waals surface area contributed by atoms with Crippen molar-refractivity contribution in [3.8, 4) is 5.88 Å². The summed E-state index contributed by atoms with van der Waals surface area (Å²) < 4.78 is 44.1. The number of carboxylic acids is 1. The molecule has 0 aromatic carbocycles. The van der Waals surface area contributed by atoms with Gasteiger partial charge in [-0.1, -0.05) is 6.07 Å². The van der Waals surface area contributed by atoms with E-state index in [0.717, 1.165) is 18.5 Å². The molecule has 0 aliphatic heterocycles. The maximum atomic E-state index is 13.1. The van der Waals surface area contributed by atoms with Crippen LogP contribution in [0, 0.1) is 0 Å². The van der Waals surface area contributed by atoms with Crippen molar-refractivity contribution in [1.82, 2.24) is 9.97 Å². The molecule has 0 aliphatic carbocycles. The Hall–Kier alpha value is -2.64. The molecule has 1 N–H and O–H groups in total. The second-order valence-corrected chi connectivity index (χ2v) is 3.99. The number of hydrogen-bond donors (Lipinski definition) is 1. The van der Waals surface area contributed by atoms with Gasteiger partial charge in [0, 0.05) is 24.2 Å². The van der Waals surface area contributed by atoms with Crippen molar-refractivity contribution in [1.29, 1.82) is 0 Å². The topological polar surface area (TPSA) is 72.3 Å². The predicted octanol–water partition coefficient (Wildman–Crippen LogP) is 2.86. The van der Waals surface area contributed by atoms with Gasteiger partial charge in [0.1, 0.15) is 5.56 Å². The number of halogens is 3. The summed E-state index contributed by atoms with van der Waals surface area (Å²) in [5, 5.41) is 8.94. The minimum atomic E-state index is -4.74. The molecular weight excluding hydrogens is 289 g/mol. The quantitative estimate of drug-likeness (QED) is 0.939. The van der Waals surface area contributed by atoms with Crippen LogP contribution < -0.4 is 4.74 Å². The van der Waals surface area contributed by atoms with Crippen LogP contribution in [0.15, 0.2) is 42.9 Å². The zero-order valence-corrected chi connectivity index (χ0v) is 10.4. The Morgan fingerprint density at radius 1 is 1.24 bits per heavy atom. The first-order valence-corrected chi connectivity index (χ1v) is 5.71. The average Bonchev–Trinajstić information content (AvgIpc) is 2.44. The molecule has 5 nitrogen and oxygen atoms in total. The van der Waals surface area contributed by atoms with E-state index in [4.69, 9.17) is 9.84 Å². The van der Waals surface area contributed by atoms with Gasteiger partial charge >= 0.3 is 12.1 Å². The van der Waals surface area contributed by atoms with E-state index in [1.165, 1.54) is 24.4 Å². The van der Waals surface area contributed by atoms with Crippen LogP contribution in [0.5, 0.6) is 5.88 Å². The van der Waals surface area contributed by atoms with Crippen LogP contribution in [-0.2, 0) is 0 Å². The van der Waals surface area contributed by atoms with Gasteiger partial charge in [0.25, 0.3) is 0 Å². The number of alkyl halides is 3. The van der Waals surface area contributed by atoms with Crippen LogP contribution >= 0.6 is 0 Å². The first-order valence-electron chi connectivity index (χ1n) is 5.71. The number of rotatable bonds is 4. The fraction of sp³-hybridized carbons (Fsp3) is 0.154. The highest BCUT2D eigenvalue weighted by Gasteiger charge is 2.44. The summed E-state index contributed by atoms with van der Waals surface area (Å²) in [6, 6.07) is 4.92. The summed E-state index contributed by atoms with van der Waals surface area (Å²) in [4.78, 5) is 18.1. The third-order valence-electron chi connectivity index (χ3n) is 2.52. The minimum Gasteiger partial charge on any atom is -0.477 e. The Kier molecular flexibility index (Phi) is 4.06. The number of aromatic nitrogens is 2. The van der Waals surface area contributed by atoms with Crippen LogP contribution in [0.1, 0.15) is 22.0 Å². The molecule has 0 radical (unpaired) electrons. The number of carbonyl (C=O) groups is 1. The zero-order valence-electron chi connectivity index (χ0n) is 10.4. The van der Waals surface area contributed by atoms with E-state index in [1.807, 2.05) is 0 Å². The Bertz CT molecular complexity index is 632. The van der Waals surface area contributed by atoms with Gasteiger partial charge in [-0.25, -0.2) is 9.78 Å². The average molecular weight is 298 g/mol. The SMILES string of the molecule is O=C(O)c1cccnc1OC(c1cccnc1)C(F)(F)F. The van der Waals surface area contributed by atoms with E-state index in [0.29, 0.717) is 0 Å². The van der Waals surface area contributed by atoms with E-state index in [2.05, 4.69) is 9.97 Å². The fourth-order valence-electron chi connectivity index (χ4n) is 1.61. The molecule has 2 aromatic rings. The first-order chi connectivity index (χ1) is 9.89. The normalized spacial score (nSPS) is 12.7. The number of nitrogens with zero attached hydrogens (tertiary/aromatic N) is 2. The molecule has 0 aliphatic rings. The first kappa shape index (κ1) is 14.8. The lowest BCUT2D eigenvalue weighted by Crippen LogP contribution is -2.27. The molecule has 0 fully saturated rings. The van der Waals surface area contributed by atoms with E-state index in [9.17, 15) is 18.0 Å². The van der Waals surface area contributed by atoms with Gasteiger partial charge in [-0.2, -0.15) is 13.2 Å². The highest BCUT2D eigenvalue weighted by atomic mass is 19.4. The van der Waals surface area contributed by atoms with Gasteiger partial charge < -0.3 is 9.84 Å². The summed E-state index contributed by atoms with van der Waals surface area (Å²) in [7, 11) is 0. The molecule has 1 atom stereocenters. The number of carboxylic acid groups (broad SMARTS) is 1. The summed E-state index contributed by atoms with van der Waals surface area (Å²) in [6.07, 6.45) is -3.62. The van der Waals surface area contributed by atoms with E-state index < -0.39 is 29.7 Å². The van der Waals surface area contributed by atoms with Gasteiger partial charge in [0.15, 0.2) is 0 Å². The lowest BCUT2D eigenvalue weighted by Gasteiger charge is -2.21. The number of hydrogen-bond acceptors (Lipinski definition) is 4. The number of pyridine rings is 2. The third-order valence-corrected chi connectivity index (χ3v) is 2.52. The molecule has 0 saturated carbocycles. The van der Waals surface area contributed by atoms with E-state index >= 15 is 0 Å². The second kappa shape index (κ2) is 5.78. The Morgan fingerprint density at radius 3 is 2.52 bits per heavy atom. The smallest absolute Gasteiger partial charge is 0.429 e. The van der Waals surface area contributed by atoms with Crippen molar-refractivity contribution in [2.45, 2.75) is 12.3 Å². The summed E-state index contributed by atoms with van der Waals surface area (Å²) in [5.74, 6) is -2.03. The number of ether oxygens (including phenoxy) is 1. The molecule has 21 heavy (non-hydrogen) atoms. The lowest BCUT2D eigenvalue weighted by molar-refractivity contribution is -0.198. The molecule has 110 valence electrons. The van der Waals surface area contributed by atoms with E-state index in [-0.39, 0.29) is 5.56 Å². The van der Waals surface area contributed by atoms with Crippen LogP contribution in [0.4, 0.5) is 13.2 Å². The molecule has 0 bridgehead atoms. The monoisotopic (exact) mass is 298 g/mol. The molecule has 1 unspecified atom stereocenters. The molecule has 8 heteroatoms. The largest absolute Gasteiger partial charge is 0.477 e. The van der Waals surface area contributed by atoms with Gasteiger partial charge in [-0.3, -0.25) is 4.98 Å². The molecule has 2 heterocycles. The summed E-state index contributed by atoms with van der Waals surface area (Å²) in [6.45, 7) is 0. The maximum Gasteiger partial charge on any atom is 0.429 e.